The first kappa shape index (κ1) is 11.2. The molecule has 0 rings (SSSR count). The molecule has 0 aromatic rings. The molecule has 0 radical (unpaired) electrons. The fraction of sp³-hybridized carbons (Fsp3) is 0.667. The van der Waals surface area contributed by atoms with Crippen molar-refractivity contribution >= 4 is 5.91 Å². The molecule has 1 N–H and O–H groups in total. The third-order valence-electron chi connectivity index (χ3n) is 1.52. The molecule has 12 heavy (non-hydrogen) atoms. The van der Waals surface area contributed by atoms with Crippen molar-refractivity contribution in [2.24, 2.45) is 0 Å². The van der Waals surface area contributed by atoms with Gasteiger partial charge >= 0.3 is 0 Å². The van der Waals surface area contributed by atoms with Gasteiger partial charge < -0.3 is 10.0 Å². The van der Waals surface area contributed by atoms with Gasteiger partial charge in [-0.1, -0.05) is 13.5 Å². The summed E-state index contributed by atoms with van der Waals surface area (Å²) in [5, 5.41) is 8.67. The third-order valence-corrected chi connectivity index (χ3v) is 1.52. The minimum Gasteiger partial charge on any atom is -0.395 e. The van der Waals surface area contributed by atoms with E-state index < -0.39 is 0 Å². The lowest BCUT2D eigenvalue weighted by atomic mass is 10.3. The average Bonchev–Trinajstić information content (AvgIpc) is 2.03. The van der Waals surface area contributed by atoms with Gasteiger partial charge in [0.2, 0.25) is 5.91 Å². The second kappa shape index (κ2) is 5.77. The maximum atomic E-state index is 11.3. The molecule has 0 fully saturated rings. The van der Waals surface area contributed by atoms with Crippen LogP contribution in [0.15, 0.2) is 12.2 Å². The highest BCUT2D eigenvalue weighted by molar-refractivity contribution is 5.92. The monoisotopic (exact) mass is 171 g/mol. The van der Waals surface area contributed by atoms with E-state index in [2.05, 4.69) is 6.58 Å². The van der Waals surface area contributed by atoms with Crippen LogP contribution in [0.4, 0.5) is 0 Å². The Bertz CT molecular complexity index is 160. The third kappa shape index (κ3) is 3.53. The van der Waals surface area contributed by atoms with Gasteiger partial charge in [0, 0.05) is 18.7 Å². The molecule has 0 heterocycles. The van der Waals surface area contributed by atoms with E-state index in [4.69, 9.17) is 5.11 Å². The molecule has 0 aromatic carbocycles. The molecule has 0 unspecified atom stereocenters. The number of carbonyl (C=O) groups is 1. The van der Waals surface area contributed by atoms with E-state index in [1.807, 2.05) is 6.92 Å². The highest BCUT2D eigenvalue weighted by atomic mass is 16.3. The molecule has 3 nitrogen and oxygen atoms in total. The van der Waals surface area contributed by atoms with Gasteiger partial charge in [-0.05, 0) is 13.3 Å². The van der Waals surface area contributed by atoms with Gasteiger partial charge in [-0.15, -0.1) is 0 Å². The summed E-state index contributed by atoms with van der Waals surface area (Å²) in [5.41, 5.74) is 0.525. The number of carbonyl (C=O) groups excluding carboxylic acids is 1. The van der Waals surface area contributed by atoms with Crippen LogP contribution in [0.1, 0.15) is 20.3 Å². The number of nitrogens with zero attached hydrogens (tertiary/aromatic N) is 1. The highest BCUT2D eigenvalue weighted by Crippen LogP contribution is 1.99. The number of hydrogen-bond donors (Lipinski definition) is 1. The molecule has 0 saturated heterocycles. The van der Waals surface area contributed by atoms with Crippen LogP contribution in [0.3, 0.4) is 0 Å². The standard InChI is InChI=1S/C9H17NO2/c1-4-5-10(6-7-11)9(12)8(2)3/h11H,2,4-7H2,1,3H3. The number of hydrogen-bond acceptors (Lipinski definition) is 2. The Morgan fingerprint density at radius 2 is 2.08 bits per heavy atom. The number of rotatable bonds is 5. The molecule has 0 aliphatic rings. The molecule has 0 spiro atoms. The SMILES string of the molecule is C=C(C)C(=O)N(CCC)CCO. The van der Waals surface area contributed by atoms with Crippen molar-refractivity contribution in [3.05, 3.63) is 12.2 Å². The van der Waals surface area contributed by atoms with Gasteiger partial charge in [-0.25, -0.2) is 0 Å². The fourth-order valence-corrected chi connectivity index (χ4v) is 0.975. The Morgan fingerprint density at radius 1 is 1.50 bits per heavy atom. The molecule has 0 bridgehead atoms. The van der Waals surface area contributed by atoms with Crippen LogP contribution in [0.2, 0.25) is 0 Å². The Morgan fingerprint density at radius 3 is 2.42 bits per heavy atom. The predicted molar refractivity (Wildman–Crippen MR) is 48.8 cm³/mol. The summed E-state index contributed by atoms with van der Waals surface area (Å²) in [4.78, 5) is 13.0. The number of aliphatic hydroxyl groups is 1. The molecule has 0 aromatic heterocycles. The predicted octanol–water partition coefficient (Wildman–Crippen LogP) is 0.793. The summed E-state index contributed by atoms with van der Waals surface area (Å²) < 4.78 is 0. The molecule has 70 valence electrons. The summed E-state index contributed by atoms with van der Waals surface area (Å²) in [7, 11) is 0. The molecule has 0 aliphatic heterocycles. The minimum absolute atomic E-state index is 0.0129. The van der Waals surface area contributed by atoms with E-state index in [1.54, 1.807) is 11.8 Å². The quantitative estimate of drug-likeness (QED) is 0.621. The van der Waals surface area contributed by atoms with Crippen molar-refractivity contribution in [1.82, 2.24) is 4.90 Å². The summed E-state index contributed by atoms with van der Waals surface area (Å²) >= 11 is 0. The van der Waals surface area contributed by atoms with Gasteiger partial charge in [0.15, 0.2) is 0 Å². The normalized spacial score (nSPS) is 9.58. The van der Waals surface area contributed by atoms with Crippen LogP contribution in [0.5, 0.6) is 0 Å². The maximum absolute atomic E-state index is 11.3. The molecule has 3 heteroatoms. The van der Waals surface area contributed by atoms with Crippen molar-refractivity contribution < 1.29 is 9.90 Å². The summed E-state index contributed by atoms with van der Waals surface area (Å²) in [6.45, 7) is 8.35. The van der Waals surface area contributed by atoms with Crippen LogP contribution >= 0.6 is 0 Å². The summed E-state index contributed by atoms with van der Waals surface area (Å²) in [6.07, 6.45) is 0.902. The zero-order valence-corrected chi connectivity index (χ0v) is 7.84. The molecule has 0 atom stereocenters. The van der Waals surface area contributed by atoms with Crippen molar-refractivity contribution in [2.75, 3.05) is 19.7 Å². The first-order valence-corrected chi connectivity index (χ1v) is 4.19. The lowest BCUT2D eigenvalue weighted by Gasteiger charge is -2.20. The smallest absolute Gasteiger partial charge is 0.248 e. The molecule has 0 aliphatic carbocycles. The molecule has 1 amide bonds. The van der Waals surface area contributed by atoms with Crippen molar-refractivity contribution in [3.63, 3.8) is 0 Å². The second-order valence-electron chi connectivity index (χ2n) is 2.80. The zero-order chi connectivity index (χ0) is 9.56. The average molecular weight is 171 g/mol. The van der Waals surface area contributed by atoms with Crippen LogP contribution < -0.4 is 0 Å². The van der Waals surface area contributed by atoms with Crippen molar-refractivity contribution in [1.29, 1.82) is 0 Å². The Kier molecular flexibility index (Phi) is 5.37. The van der Waals surface area contributed by atoms with Gasteiger partial charge in [-0.3, -0.25) is 4.79 Å². The van der Waals surface area contributed by atoms with Crippen LogP contribution in [-0.2, 0) is 4.79 Å². The van der Waals surface area contributed by atoms with Gasteiger partial charge in [0.25, 0.3) is 0 Å². The molecular formula is C9H17NO2. The summed E-state index contributed by atoms with van der Waals surface area (Å²) in [6, 6.07) is 0. The maximum Gasteiger partial charge on any atom is 0.248 e. The topological polar surface area (TPSA) is 40.5 Å². The minimum atomic E-state index is -0.0640. The lowest BCUT2D eigenvalue weighted by Crippen LogP contribution is -2.34. The van der Waals surface area contributed by atoms with Crippen molar-refractivity contribution in [2.45, 2.75) is 20.3 Å². The van der Waals surface area contributed by atoms with Crippen molar-refractivity contribution in [3.8, 4) is 0 Å². The van der Waals surface area contributed by atoms with Gasteiger partial charge in [-0.2, -0.15) is 0 Å². The molecular weight excluding hydrogens is 154 g/mol. The number of amides is 1. The van der Waals surface area contributed by atoms with E-state index in [0.29, 0.717) is 18.7 Å². The van der Waals surface area contributed by atoms with Crippen LogP contribution in [-0.4, -0.2) is 35.6 Å². The first-order chi connectivity index (χ1) is 5.63. The highest BCUT2D eigenvalue weighted by Gasteiger charge is 2.11. The zero-order valence-electron chi connectivity index (χ0n) is 7.84. The van der Waals surface area contributed by atoms with E-state index >= 15 is 0 Å². The Hall–Kier alpha value is -0.830. The Balaban J connectivity index is 4.08. The largest absolute Gasteiger partial charge is 0.395 e. The van der Waals surface area contributed by atoms with E-state index in [-0.39, 0.29) is 12.5 Å². The van der Waals surface area contributed by atoms with Gasteiger partial charge in [0.1, 0.15) is 0 Å². The Labute approximate surface area is 73.7 Å². The van der Waals surface area contributed by atoms with Crippen LogP contribution in [0.25, 0.3) is 0 Å². The van der Waals surface area contributed by atoms with E-state index in [9.17, 15) is 4.79 Å². The number of aliphatic hydroxyl groups excluding tert-OH is 1. The van der Waals surface area contributed by atoms with Crippen LogP contribution in [0, 0.1) is 0 Å². The van der Waals surface area contributed by atoms with E-state index in [0.717, 1.165) is 6.42 Å². The second-order valence-corrected chi connectivity index (χ2v) is 2.80. The lowest BCUT2D eigenvalue weighted by molar-refractivity contribution is -0.127. The van der Waals surface area contributed by atoms with E-state index in [1.165, 1.54) is 0 Å². The first-order valence-electron chi connectivity index (χ1n) is 4.19. The van der Waals surface area contributed by atoms with Gasteiger partial charge in [0.05, 0.1) is 6.61 Å². The fourth-order valence-electron chi connectivity index (χ4n) is 0.975. The summed E-state index contributed by atoms with van der Waals surface area (Å²) in [5.74, 6) is -0.0640. The molecule has 0 saturated carbocycles.